The van der Waals surface area contributed by atoms with Crippen molar-refractivity contribution in [1.29, 1.82) is 0 Å². The van der Waals surface area contributed by atoms with E-state index in [9.17, 15) is 4.79 Å². The van der Waals surface area contributed by atoms with E-state index in [4.69, 9.17) is 0 Å². The quantitative estimate of drug-likeness (QED) is 0.686. The molecule has 19 heavy (non-hydrogen) atoms. The molecule has 0 aromatic rings. The summed E-state index contributed by atoms with van der Waals surface area (Å²) in [5.41, 5.74) is 0. The third-order valence-corrected chi connectivity index (χ3v) is 4.26. The van der Waals surface area contributed by atoms with Crippen molar-refractivity contribution >= 4 is 5.91 Å². The van der Waals surface area contributed by atoms with E-state index in [1.165, 1.54) is 25.7 Å². The van der Waals surface area contributed by atoms with Gasteiger partial charge < -0.3 is 10.2 Å². The van der Waals surface area contributed by atoms with Crippen LogP contribution in [0, 0.1) is 5.92 Å². The van der Waals surface area contributed by atoms with Gasteiger partial charge in [0.05, 0.1) is 0 Å². The summed E-state index contributed by atoms with van der Waals surface area (Å²) >= 11 is 0. The zero-order valence-electron chi connectivity index (χ0n) is 13.1. The molecule has 0 bridgehead atoms. The molecule has 3 heteroatoms. The summed E-state index contributed by atoms with van der Waals surface area (Å²) in [6, 6.07) is 0.615. The predicted molar refractivity (Wildman–Crippen MR) is 81.2 cm³/mol. The number of carbonyl (C=O) groups is 1. The Morgan fingerprint density at radius 2 is 2.00 bits per heavy atom. The highest BCUT2D eigenvalue weighted by Crippen LogP contribution is 2.21. The van der Waals surface area contributed by atoms with Gasteiger partial charge in [-0.2, -0.15) is 0 Å². The molecule has 1 aliphatic rings. The number of rotatable bonds is 8. The van der Waals surface area contributed by atoms with Crippen molar-refractivity contribution in [3.05, 3.63) is 0 Å². The molecule has 2 atom stereocenters. The Morgan fingerprint density at radius 1 is 1.21 bits per heavy atom. The zero-order valence-corrected chi connectivity index (χ0v) is 13.1. The van der Waals surface area contributed by atoms with Crippen LogP contribution in [0.3, 0.4) is 0 Å². The molecule has 1 saturated heterocycles. The van der Waals surface area contributed by atoms with E-state index >= 15 is 0 Å². The van der Waals surface area contributed by atoms with Crippen molar-refractivity contribution in [2.45, 2.75) is 71.8 Å². The van der Waals surface area contributed by atoms with Crippen molar-refractivity contribution in [3.63, 3.8) is 0 Å². The molecule has 1 heterocycles. The largest absolute Gasteiger partial charge is 0.342 e. The monoisotopic (exact) mass is 268 g/mol. The van der Waals surface area contributed by atoms with Crippen LogP contribution in [0.2, 0.25) is 0 Å². The van der Waals surface area contributed by atoms with Crippen LogP contribution in [0.4, 0.5) is 0 Å². The van der Waals surface area contributed by atoms with Gasteiger partial charge in [-0.3, -0.25) is 4.79 Å². The fourth-order valence-corrected chi connectivity index (χ4v) is 2.96. The van der Waals surface area contributed by atoms with Crippen molar-refractivity contribution in [1.82, 2.24) is 10.2 Å². The first-order valence-corrected chi connectivity index (χ1v) is 8.24. The number of unbranched alkanes of at least 4 members (excludes halogenated alkanes) is 2. The summed E-state index contributed by atoms with van der Waals surface area (Å²) in [4.78, 5) is 14.3. The number of carbonyl (C=O) groups excluding carboxylic acids is 1. The number of likely N-dealkylation sites (tertiary alicyclic amines) is 1. The molecule has 1 aliphatic heterocycles. The fraction of sp³-hybridized carbons (Fsp3) is 0.938. The Labute approximate surface area is 119 Å². The Bertz CT molecular complexity index is 255. The molecule has 2 unspecified atom stereocenters. The van der Waals surface area contributed by atoms with Crippen LogP contribution in [0.25, 0.3) is 0 Å². The number of piperidine rings is 1. The molecule has 0 aromatic carbocycles. The molecule has 1 N–H and O–H groups in total. The molecule has 0 radical (unpaired) electrons. The first-order chi connectivity index (χ1) is 9.22. The second-order valence-electron chi connectivity index (χ2n) is 5.81. The second kappa shape index (κ2) is 9.35. The minimum absolute atomic E-state index is 0.376. The molecule has 1 amide bonds. The fourth-order valence-electron chi connectivity index (χ4n) is 2.96. The van der Waals surface area contributed by atoms with Gasteiger partial charge in [0.15, 0.2) is 0 Å². The molecule has 1 fully saturated rings. The van der Waals surface area contributed by atoms with Gasteiger partial charge in [-0.1, -0.05) is 40.0 Å². The predicted octanol–water partition coefficient (Wildman–Crippen LogP) is 3.19. The van der Waals surface area contributed by atoms with Crippen molar-refractivity contribution < 1.29 is 4.79 Å². The average Bonchev–Trinajstić information content (AvgIpc) is 2.45. The van der Waals surface area contributed by atoms with Crippen molar-refractivity contribution in [2.75, 3.05) is 19.6 Å². The third kappa shape index (κ3) is 5.52. The first kappa shape index (κ1) is 16.5. The van der Waals surface area contributed by atoms with E-state index in [-0.39, 0.29) is 0 Å². The number of amides is 1. The Kier molecular flexibility index (Phi) is 8.11. The Morgan fingerprint density at radius 3 is 2.63 bits per heavy atom. The SMILES string of the molecule is CCCCCC(=O)N1CCC(NCCC)C(CC)C1. The lowest BCUT2D eigenvalue weighted by Crippen LogP contribution is -2.51. The smallest absolute Gasteiger partial charge is 0.222 e. The molecule has 112 valence electrons. The summed E-state index contributed by atoms with van der Waals surface area (Å²) in [6.45, 7) is 9.65. The normalized spacial score (nSPS) is 23.6. The summed E-state index contributed by atoms with van der Waals surface area (Å²) in [5, 5.41) is 3.65. The van der Waals surface area contributed by atoms with Gasteiger partial charge in [0.25, 0.3) is 0 Å². The van der Waals surface area contributed by atoms with Crippen LogP contribution in [-0.4, -0.2) is 36.5 Å². The van der Waals surface area contributed by atoms with Gasteiger partial charge in [-0.15, -0.1) is 0 Å². The van der Waals surface area contributed by atoms with E-state index in [1.54, 1.807) is 0 Å². The first-order valence-electron chi connectivity index (χ1n) is 8.24. The lowest BCUT2D eigenvalue weighted by molar-refractivity contribution is -0.133. The maximum atomic E-state index is 12.2. The molecule has 0 saturated carbocycles. The summed E-state index contributed by atoms with van der Waals surface area (Å²) in [7, 11) is 0. The minimum atomic E-state index is 0.376. The van der Waals surface area contributed by atoms with Crippen LogP contribution < -0.4 is 5.32 Å². The maximum Gasteiger partial charge on any atom is 0.222 e. The number of nitrogens with one attached hydrogen (secondary N) is 1. The van der Waals surface area contributed by atoms with E-state index in [2.05, 4.69) is 31.0 Å². The highest BCUT2D eigenvalue weighted by molar-refractivity contribution is 5.76. The Balaban J connectivity index is 2.37. The topological polar surface area (TPSA) is 32.3 Å². The molecule has 0 aliphatic carbocycles. The van der Waals surface area contributed by atoms with Gasteiger partial charge in [0, 0.05) is 25.6 Å². The maximum absolute atomic E-state index is 12.2. The van der Waals surface area contributed by atoms with Gasteiger partial charge in [0.1, 0.15) is 0 Å². The summed E-state index contributed by atoms with van der Waals surface area (Å²) < 4.78 is 0. The zero-order chi connectivity index (χ0) is 14.1. The van der Waals surface area contributed by atoms with Gasteiger partial charge >= 0.3 is 0 Å². The summed E-state index contributed by atoms with van der Waals surface area (Å²) in [5.74, 6) is 1.01. The molecule has 3 nitrogen and oxygen atoms in total. The number of nitrogens with zero attached hydrogens (tertiary/aromatic N) is 1. The van der Waals surface area contributed by atoms with E-state index in [1.807, 2.05) is 0 Å². The van der Waals surface area contributed by atoms with Crippen LogP contribution in [-0.2, 0) is 4.79 Å². The van der Waals surface area contributed by atoms with Crippen molar-refractivity contribution in [3.8, 4) is 0 Å². The van der Waals surface area contributed by atoms with Gasteiger partial charge in [0.2, 0.25) is 5.91 Å². The molecular formula is C16H32N2O. The van der Waals surface area contributed by atoms with Gasteiger partial charge in [-0.05, 0) is 31.7 Å². The van der Waals surface area contributed by atoms with E-state index < -0.39 is 0 Å². The van der Waals surface area contributed by atoms with E-state index in [0.29, 0.717) is 17.9 Å². The number of hydrogen-bond donors (Lipinski definition) is 1. The standard InChI is InChI=1S/C16H32N2O/c1-4-7-8-9-16(19)18-12-10-15(17-11-5-2)14(6-3)13-18/h14-15,17H,4-13H2,1-3H3. The summed E-state index contributed by atoms with van der Waals surface area (Å²) in [6.07, 6.45) is 7.65. The highest BCUT2D eigenvalue weighted by atomic mass is 16.2. The van der Waals surface area contributed by atoms with Crippen LogP contribution in [0.1, 0.15) is 65.7 Å². The highest BCUT2D eigenvalue weighted by Gasteiger charge is 2.29. The lowest BCUT2D eigenvalue weighted by Gasteiger charge is -2.39. The molecule has 0 spiro atoms. The van der Waals surface area contributed by atoms with Crippen LogP contribution in [0.5, 0.6) is 0 Å². The number of hydrogen-bond acceptors (Lipinski definition) is 2. The second-order valence-corrected chi connectivity index (χ2v) is 5.81. The minimum Gasteiger partial charge on any atom is -0.342 e. The molecule has 0 aromatic heterocycles. The average molecular weight is 268 g/mol. The van der Waals surface area contributed by atoms with Crippen LogP contribution in [0.15, 0.2) is 0 Å². The Hall–Kier alpha value is -0.570. The van der Waals surface area contributed by atoms with E-state index in [0.717, 1.165) is 38.9 Å². The van der Waals surface area contributed by atoms with Crippen LogP contribution >= 0.6 is 0 Å². The third-order valence-electron chi connectivity index (χ3n) is 4.26. The molecule has 1 rings (SSSR count). The van der Waals surface area contributed by atoms with Gasteiger partial charge in [-0.25, -0.2) is 0 Å². The lowest BCUT2D eigenvalue weighted by atomic mass is 9.89. The molecular weight excluding hydrogens is 236 g/mol. The van der Waals surface area contributed by atoms with Crippen molar-refractivity contribution in [2.24, 2.45) is 5.92 Å².